The zero-order valence-electron chi connectivity index (χ0n) is 13.2. The van der Waals surface area contributed by atoms with Gasteiger partial charge in [-0.25, -0.2) is 0 Å². The average Bonchev–Trinajstić information content (AvgIpc) is 2.94. The number of nitrogens with two attached hydrogens (primary N) is 1. The molecule has 0 radical (unpaired) electrons. The minimum atomic E-state index is 0.395. The van der Waals surface area contributed by atoms with Crippen molar-refractivity contribution in [2.24, 2.45) is 0 Å². The number of pyridine rings is 2. The van der Waals surface area contributed by atoms with Gasteiger partial charge in [-0.3, -0.25) is 4.98 Å². The summed E-state index contributed by atoms with van der Waals surface area (Å²) < 4.78 is 5.13. The van der Waals surface area contributed by atoms with E-state index >= 15 is 0 Å². The van der Waals surface area contributed by atoms with E-state index < -0.39 is 0 Å². The van der Waals surface area contributed by atoms with Gasteiger partial charge in [-0.05, 0) is 31.2 Å². The number of aromatic amines is 1. The summed E-state index contributed by atoms with van der Waals surface area (Å²) >= 11 is 6.37. The molecule has 0 aliphatic carbocycles. The maximum Gasteiger partial charge on any atom is 0.214 e. The molecular formula is C18H15ClN4O. The summed E-state index contributed by atoms with van der Waals surface area (Å²) in [4.78, 5) is 12.1. The van der Waals surface area contributed by atoms with Crippen molar-refractivity contribution < 1.29 is 4.74 Å². The third-order valence-corrected chi connectivity index (χ3v) is 4.40. The highest BCUT2D eigenvalue weighted by atomic mass is 35.5. The molecule has 0 saturated carbocycles. The van der Waals surface area contributed by atoms with E-state index in [0.29, 0.717) is 16.7 Å². The molecule has 0 saturated heterocycles. The summed E-state index contributed by atoms with van der Waals surface area (Å²) in [7, 11) is 1.56. The Morgan fingerprint density at radius 2 is 1.92 bits per heavy atom. The van der Waals surface area contributed by atoms with Crippen molar-refractivity contribution in [2.45, 2.75) is 6.92 Å². The molecule has 0 bridgehead atoms. The van der Waals surface area contributed by atoms with Gasteiger partial charge < -0.3 is 15.5 Å². The Labute approximate surface area is 143 Å². The number of anilines is 1. The van der Waals surface area contributed by atoms with Crippen LogP contribution in [0.2, 0.25) is 5.02 Å². The Morgan fingerprint density at radius 1 is 1.08 bits per heavy atom. The summed E-state index contributed by atoms with van der Waals surface area (Å²) in [5, 5.41) is 2.76. The summed E-state index contributed by atoms with van der Waals surface area (Å²) in [6.45, 7) is 1.97. The number of aromatic nitrogens is 3. The second-order valence-corrected chi connectivity index (χ2v) is 6.04. The van der Waals surface area contributed by atoms with Crippen LogP contribution in [0.15, 0.2) is 36.5 Å². The summed E-state index contributed by atoms with van der Waals surface area (Å²) in [5.41, 5.74) is 10.7. The number of fused-ring (bicyclic) bond motifs is 3. The number of rotatable bonds is 2. The molecule has 6 heteroatoms. The van der Waals surface area contributed by atoms with Crippen LogP contribution in [-0.2, 0) is 0 Å². The fraction of sp³-hybridized carbons (Fsp3) is 0.111. The molecule has 0 amide bonds. The topological polar surface area (TPSA) is 76.8 Å². The molecule has 0 aliphatic heterocycles. The highest BCUT2D eigenvalue weighted by Gasteiger charge is 2.15. The smallest absolute Gasteiger partial charge is 0.214 e. The third kappa shape index (κ3) is 2.17. The Bertz CT molecular complexity index is 1090. The van der Waals surface area contributed by atoms with Crippen molar-refractivity contribution in [2.75, 3.05) is 12.8 Å². The molecule has 4 rings (SSSR count). The largest absolute Gasteiger partial charge is 0.481 e. The molecule has 24 heavy (non-hydrogen) atoms. The molecule has 3 aromatic heterocycles. The molecule has 1 aromatic carbocycles. The van der Waals surface area contributed by atoms with Crippen LogP contribution in [0.3, 0.4) is 0 Å². The number of halogens is 1. The third-order valence-electron chi connectivity index (χ3n) is 4.18. The van der Waals surface area contributed by atoms with Crippen molar-refractivity contribution >= 4 is 39.2 Å². The van der Waals surface area contributed by atoms with Gasteiger partial charge in [0.1, 0.15) is 5.82 Å². The minimum absolute atomic E-state index is 0.395. The van der Waals surface area contributed by atoms with Gasteiger partial charge in [0.05, 0.1) is 23.8 Å². The average molecular weight is 339 g/mol. The van der Waals surface area contributed by atoms with Crippen molar-refractivity contribution in [3.05, 3.63) is 47.2 Å². The lowest BCUT2D eigenvalue weighted by molar-refractivity contribution is 0.398. The number of methoxy groups -OCH3 is 1. The van der Waals surface area contributed by atoms with Crippen LogP contribution in [0, 0.1) is 6.92 Å². The van der Waals surface area contributed by atoms with Gasteiger partial charge in [-0.2, -0.15) is 4.98 Å². The van der Waals surface area contributed by atoms with Crippen LogP contribution in [0.4, 0.5) is 5.82 Å². The van der Waals surface area contributed by atoms with Gasteiger partial charge >= 0.3 is 0 Å². The second kappa shape index (κ2) is 5.39. The summed E-state index contributed by atoms with van der Waals surface area (Å²) in [6, 6.07) is 9.50. The molecule has 3 heterocycles. The maximum absolute atomic E-state index is 6.37. The monoisotopic (exact) mass is 338 g/mol. The number of aryl methyl sites for hydroxylation is 1. The van der Waals surface area contributed by atoms with E-state index in [9.17, 15) is 0 Å². The van der Waals surface area contributed by atoms with Crippen LogP contribution in [0.5, 0.6) is 5.88 Å². The van der Waals surface area contributed by atoms with Crippen LogP contribution in [0.25, 0.3) is 32.9 Å². The predicted molar refractivity (Wildman–Crippen MR) is 97.5 cm³/mol. The van der Waals surface area contributed by atoms with Gasteiger partial charge in [-0.15, -0.1) is 0 Å². The summed E-state index contributed by atoms with van der Waals surface area (Å²) in [5.74, 6) is 0.873. The summed E-state index contributed by atoms with van der Waals surface area (Å²) in [6.07, 6.45) is 1.80. The van der Waals surface area contributed by atoms with Gasteiger partial charge in [0, 0.05) is 39.2 Å². The van der Waals surface area contributed by atoms with Crippen LogP contribution in [-0.4, -0.2) is 22.1 Å². The lowest BCUT2D eigenvalue weighted by atomic mass is 10.0. The highest BCUT2D eigenvalue weighted by molar-refractivity contribution is 6.32. The maximum atomic E-state index is 6.37. The molecule has 4 aromatic rings. The van der Waals surface area contributed by atoms with E-state index in [1.807, 2.05) is 31.2 Å². The first kappa shape index (κ1) is 14.8. The van der Waals surface area contributed by atoms with Crippen LogP contribution >= 0.6 is 11.6 Å². The van der Waals surface area contributed by atoms with Crippen LogP contribution < -0.4 is 10.5 Å². The van der Waals surface area contributed by atoms with Gasteiger partial charge in [0.15, 0.2) is 0 Å². The standard InChI is InChI=1S/C18H15ClN4O/c1-9-16-11(5-6-21-9)13-7-10(19)8-14(17(13)23-16)12-3-4-15(24-2)22-18(12)20/h3-8,23H,1-2H3,(H2,20,22). The number of hydrogen-bond acceptors (Lipinski definition) is 4. The molecule has 0 fully saturated rings. The van der Waals surface area contributed by atoms with Crippen molar-refractivity contribution in [3.8, 4) is 17.0 Å². The SMILES string of the molecule is COc1ccc(-c2cc(Cl)cc3c2[nH]c2c(C)nccc23)c(N)n1. The normalized spacial score (nSPS) is 11.3. The van der Waals surface area contributed by atoms with Gasteiger partial charge in [0.2, 0.25) is 5.88 Å². The number of nitrogens with one attached hydrogen (secondary N) is 1. The van der Waals surface area contributed by atoms with E-state index in [4.69, 9.17) is 22.1 Å². The van der Waals surface area contributed by atoms with E-state index in [2.05, 4.69) is 15.0 Å². The lowest BCUT2D eigenvalue weighted by Crippen LogP contribution is -1.97. The van der Waals surface area contributed by atoms with Crippen LogP contribution in [0.1, 0.15) is 5.69 Å². The van der Waals surface area contributed by atoms with E-state index in [-0.39, 0.29) is 0 Å². The number of nitrogens with zero attached hydrogens (tertiary/aromatic N) is 2. The zero-order chi connectivity index (χ0) is 16.8. The van der Waals surface area contributed by atoms with E-state index in [1.54, 1.807) is 19.4 Å². The first-order chi connectivity index (χ1) is 11.6. The van der Waals surface area contributed by atoms with Gasteiger partial charge in [-0.1, -0.05) is 11.6 Å². The van der Waals surface area contributed by atoms with Crippen molar-refractivity contribution in [3.63, 3.8) is 0 Å². The molecule has 0 unspecified atom stereocenters. The lowest BCUT2D eigenvalue weighted by Gasteiger charge is -2.09. The fourth-order valence-electron chi connectivity index (χ4n) is 3.04. The number of hydrogen-bond donors (Lipinski definition) is 2. The molecule has 0 atom stereocenters. The number of H-pyrrole nitrogens is 1. The number of benzene rings is 1. The molecule has 3 N–H and O–H groups in total. The Balaban J connectivity index is 2.09. The molecule has 5 nitrogen and oxygen atoms in total. The van der Waals surface area contributed by atoms with Crippen molar-refractivity contribution in [1.29, 1.82) is 0 Å². The van der Waals surface area contributed by atoms with Crippen molar-refractivity contribution in [1.82, 2.24) is 15.0 Å². The molecular weight excluding hydrogens is 324 g/mol. The Kier molecular flexibility index (Phi) is 3.32. The first-order valence-electron chi connectivity index (χ1n) is 7.46. The molecule has 0 aliphatic rings. The highest BCUT2D eigenvalue weighted by Crippen LogP contribution is 2.38. The molecule has 0 spiro atoms. The quantitative estimate of drug-likeness (QED) is 0.570. The fourth-order valence-corrected chi connectivity index (χ4v) is 3.26. The predicted octanol–water partition coefficient (Wildman–Crippen LogP) is 4.33. The van der Waals surface area contributed by atoms with Gasteiger partial charge in [0.25, 0.3) is 0 Å². The van der Waals surface area contributed by atoms with E-state index in [0.717, 1.165) is 38.6 Å². The van der Waals surface area contributed by atoms with E-state index in [1.165, 1.54) is 0 Å². The minimum Gasteiger partial charge on any atom is -0.481 e. The molecule has 120 valence electrons. The Hall–Kier alpha value is -2.79. The second-order valence-electron chi connectivity index (χ2n) is 5.61. The number of nitrogen functional groups attached to an aromatic ring is 1. The zero-order valence-corrected chi connectivity index (χ0v) is 14.0. The Morgan fingerprint density at radius 3 is 2.67 bits per heavy atom. The first-order valence-corrected chi connectivity index (χ1v) is 7.83. The number of ether oxygens (including phenoxy) is 1.